The fourth-order valence-electron chi connectivity index (χ4n) is 0.937. The molecule has 1 rings (SSSR count). The second-order valence-corrected chi connectivity index (χ2v) is 3.26. The Bertz CT molecular complexity index is 306. The third-order valence-electron chi connectivity index (χ3n) is 1.85. The van der Waals surface area contributed by atoms with Crippen LogP contribution < -0.4 is 11.1 Å². The second-order valence-electron chi connectivity index (χ2n) is 3.26. The van der Waals surface area contributed by atoms with Gasteiger partial charge in [-0.3, -0.25) is 4.79 Å². The van der Waals surface area contributed by atoms with Crippen molar-refractivity contribution >= 4 is 17.3 Å². The van der Waals surface area contributed by atoms with Crippen LogP contribution in [-0.4, -0.2) is 31.4 Å². The first kappa shape index (κ1) is 10.4. The van der Waals surface area contributed by atoms with E-state index in [-0.39, 0.29) is 5.91 Å². The van der Waals surface area contributed by atoms with Gasteiger partial charge in [0.05, 0.1) is 6.54 Å². The van der Waals surface area contributed by atoms with Crippen LogP contribution in [0.2, 0.25) is 0 Å². The lowest BCUT2D eigenvalue weighted by Crippen LogP contribution is -2.28. The van der Waals surface area contributed by atoms with E-state index in [1.54, 1.807) is 31.1 Å². The van der Waals surface area contributed by atoms with Gasteiger partial charge in [-0.2, -0.15) is 0 Å². The SMILES string of the molecule is CN(C)C(=O)CNc1ccc(N)cc1. The summed E-state index contributed by atoms with van der Waals surface area (Å²) in [5, 5.41) is 3.01. The van der Waals surface area contributed by atoms with Gasteiger partial charge in [0.2, 0.25) is 5.91 Å². The van der Waals surface area contributed by atoms with Crippen LogP contribution in [-0.2, 0) is 4.79 Å². The number of anilines is 2. The topological polar surface area (TPSA) is 58.4 Å². The van der Waals surface area contributed by atoms with Crippen molar-refractivity contribution in [1.82, 2.24) is 4.90 Å². The molecule has 1 amide bonds. The molecule has 0 atom stereocenters. The van der Waals surface area contributed by atoms with E-state index in [1.165, 1.54) is 0 Å². The lowest BCUT2D eigenvalue weighted by molar-refractivity contribution is -0.126. The summed E-state index contributed by atoms with van der Waals surface area (Å²) in [6.45, 7) is 0.302. The number of nitrogens with two attached hydrogens (primary N) is 1. The molecule has 0 saturated carbocycles. The van der Waals surface area contributed by atoms with Gasteiger partial charge in [0.25, 0.3) is 0 Å². The molecule has 0 aliphatic rings. The van der Waals surface area contributed by atoms with Crippen molar-refractivity contribution in [2.45, 2.75) is 0 Å². The van der Waals surface area contributed by atoms with Crippen LogP contribution in [0.15, 0.2) is 24.3 Å². The lowest BCUT2D eigenvalue weighted by Gasteiger charge is -2.11. The number of hydrogen-bond donors (Lipinski definition) is 2. The molecule has 0 fully saturated rings. The summed E-state index contributed by atoms with van der Waals surface area (Å²) < 4.78 is 0. The van der Waals surface area contributed by atoms with E-state index >= 15 is 0 Å². The zero-order chi connectivity index (χ0) is 10.6. The van der Waals surface area contributed by atoms with Crippen molar-refractivity contribution in [3.05, 3.63) is 24.3 Å². The molecule has 0 heterocycles. The van der Waals surface area contributed by atoms with Crippen molar-refractivity contribution in [2.75, 3.05) is 31.7 Å². The number of nitrogens with zero attached hydrogens (tertiary/aromatic N) is 1. The van der Waals surface area contributed by atoms with Gasteiger partial charge < -0.3 is 16.0 Å². The third-order valence-corrected chi connectivity index (χ3v) is 1.85. The molecule has 0 saturated heterocycles. The fraction of sp³-hybridized carbons (Fsp3) is 0.300. The minimum absolute atomic E-state index is 0.0434. The molecule has 1 aromatic rings. The first-order valence-corrected chi connectivity index (χ1v) is 4.39. The van der Waals surface area contributed by atoms with Gasteiger partial charge in [-0.25, -0.2) is 0 Å². The van der Waals surface area contributed by atoms with E-state index in [0.29, 0.717) is 6.54 Å². The highest BCUT2D eigenvalue weighted by molar-refractivity contribution is 5.80. The number of carbonyl (C=O) groups excluding carboxylic acids is 1. The Morgan fingerprint density at radius 1 is 1.36 bits per heavy atom. The monoisotopic (exact) mass is 193 g/mol. The standard InChI is InChI=1S/C10H15N3O/c1-13(2)10(14)7-12-9-5-3-8(11)4-6-9/h3-6,12H,7,11H2,1-2H3. The van der Waals surface area contributed by atoms with Gasteiger partial charge in [0.1, 0.15) is 0 Å². The maximum Gasteiger partial charge on any atom is 0.241 e. The molecule has 0 aromatic heterocycles. The van der Waals surface area contributed by atoms with Gasteiger partial charge in [0.15, 0.2) is 0 Å². The molecule has 0 spiro atoms. The minimum Gasteiger partial charge on any atom is -0.399 e. The predicted octanol–water partition coefficient (Wildman–Crippen LogP) is 0.769. The maximum absolute atomic E-state index is 11.2. The van der Waals surface area contributed by atoms with E-state index in [2.05, 4.69) is 5.32 Å². The van der Waals surface area contributed by atoms with Crippen molar-refractivity contribution in [3.63, 3.8) is 0 Å². The molecule has 1 aromatic carbocycles. The molecule has 0 unspecified atom stereocenters. The Hall–Kier alpha value is -1.71. The lowest BCUT2D eigenvalue weighted by atomic mass is 10.3. The van der Waals surface area contributed by atoms with Crippen molar-refractivity contribution in [1.29, 1.82) is 0 Å². The highest BCUT2D eigenvalue weighted by Crippen LogP contribution is 2.09. The molecule has 0 radical (unpaired) electrons. The average molecular weight is 193 g/mol. The zero-order valence-electron chi connectivity index (χ0n) is 8.45. The summed E-state index contributed by atoms with van der Waals surface area (Å²) >= 11 is 0. The quantitative estimate of drug-likeness (QED) is 0.697. The van der Waals surface area contributed by atoms with Gasteiger partial charge in [-0.05, 0) is 24.3 Å². The van der Waals surface area contributed by atoms with E-state index in [0.717, 1.165) is 11.4 Å². The first-order valence-electron chi connectivity index (χ1n) is 4.39. The highest BCUT2D eigenvalue weighted by Gasteiger charge is 2.02. The number of nitrogen functional groups attached to an aromatic ring is 1. The number of carbonyl (C=O) groups is 1. The Balaban J connectivity index is 2.46. The maximum atomic E-state index is 11.2. The Labute approximate surface area is 83.7 Å². The number of amides is 1. The largest absolute Gasteiger partial charge is 0.399 e. The second kappa shape index (κ2) is 4.50. The smallest absolute Gasteiger partial charge is 0.241 e. The van der Waals surface area contributed by atoms with E-state index in [1.807, 2.05) is 12.1 Å². The zero-order valence-corrected chi connectivity index (χ0v) is 8.45. The van der Waals surface area contributed by atoms with Crippen LogP contribution in [0.25, 0.3) is 0 Å². The normalized spacial score (nSPS) is 9.57. The summed E-state index contributed by atoms with van der Waals surface area (Å²) in [5.74, 6) is 0.0434. The Morgan fingerprint density at radius 2 is 1.93 bits per heavy atom. The van der Waals surface area contributed by atoms with Crippen LogP contribution >= 0.6 is 0 Å². The van der Waals surface area contributed by atoms with E-state index in [9.17, 15) is 4.79 Å². The molecule has 0 aliphatic carbocycles. The van der Waals surface area contributed by atoms with Crippen LogP contribution in [0, 0.1) is 0 Å². The Morgan fingerprint density at radius 3 is 2.43 bits per heavy atom. The summed E-state index contributed by atoms with van der Waals surface area (Å²) in [6.07, 6.45) is 0. The molecular formula is C10H15N3O. The molecule has 4 nitrogen and oxygen atoms in total. The molecule has 3 N–H and O–H groups in total. The Kier molecular flexibility index (Phi) is 3.34. The number of likely N-dealkylation sites (N-methyl/N-ethyl adjacent to an activating group) is 1. The number of rotatable bonds is 3. The number of benzene rings is 1. The van der Waals surface area contributed by atoms with Gasteiger partial charge in [-0.1, -0.05) is 0 Å². The van der Waals surface area contributed by atoms with Gasteiger partial charge in [-0.15, -0.1) is 0 Å². The number of nitrogens with one attached hydrogen (secondary N) is 1. The predicted molar refractivity (Wildman–Crippen MR) is 58.0 cm³/mol. The van der Waals surface area contributed by atoms with Crippen molar-refractivity contribution in [2.24, 2.45) is 0 Å². The van der Waals surface area contributed by atoms with Gasteiger partial charge >= 0.3 is 0 Å². The molecule has 76 valence electrons. The molecule has 14 heavy (non-hydrogen) atoms. The van der Waals surface area contributed by atoms with Crippen molar-refractivity contribution in [3.8, 4) is 0 Å². The molecule has 0 bridgehead atoms. The minimum atomic E-state index is 0.0434. The summed E-state index contributed by atoms with van der Waals surface area (Å²) in [7, 11) is 3.46. The average Bonchev–Trinajstić information content (AvgIpc) is 2.16. The van der Waals surface area contributed by atoms with Crippen LogP contribution in [0.1, 0.15) is 0 Å². The van der Waals surface area contributed by atoms with E-state index in [4.69, 9.17) is 5.73 Å². The van der Waals surface area contributed by atoms with Crippen LogP contribution in [0.3, 0.4) is 0 Å². The third kappa shape index (κ3) is 2.97. The van der Waals surface area contributed by atoms with E-state index < -0.39 is 0 Å². The number of hydrogen-bond acceptors (Lipinski definition) is 3. The summed E-state index contributed by atoms with van der Waals surface area (Å²) in [4.78, 5) is 12.8. The molecular weight excluding hydrogens is 178 g/mol. The summed E-state index contributed by atoms with van der Waals surface area (Å²) in [5.41, 5.74) is 7.14. The van der Waals surface area contributed by atoms with Crippen LogP contribution in [0.5, 0.6) is 0 Å². The molecule has 0 aliphatic heterocycles. The summed E-state index contributed by atoms with van der Waals surface area (Å²) in [6, 6.07) is 7.28. The first-order chi connectivity index (χ1) is 6.59. The highest BCUT2D eigenvalue weighted by atomic mass is 16.2. The molecule has 4 heteroatoms. The van der Waals surface area contributed by atoms with Crippen LogP contribution in [0.4, 0.5) is 11.4 Å². The fourth-order valence-corrected chi connectivity index (χ4v) is 0.937. The van der Waals surface area contributed by atoms with Gasteiger partial charge in [0, 0.05) is 25.5 Å². The van der Waals surface area contributed by atoms with Crippen molar-refractivity contribution < 1.29 is 4.79 Å².